The molecule has 0 aliphatic carbocycles. The van der Waals surface area contributed by atoms with E-state index < -0.39 is 0 Å². The van der Waals surface area contributed by atoms with E-state index in [9.17, 15) is 9.90 Å². The number of nitrogens with one attached hydrogen (secondary N) is 1. The maximum absolute atomic E-state index is 12.0. The second-order valence-electron chi connectivity index (χ2n) is 5.80. The van der Waals surface area contributed by atoms with Crippen LogP contribution in [-0.4, -0.2) is 37.4 Å². The van der Waals surface area contributed by atoms with E-state index >= 15 is 0 Å². The standard InChI is InChI=1S/C16H21Cl2NO3/c17-13-3-1-12(9-14(13)18)2-4-15(21)19-10-16(11-20)5-7-22-8-6-16/h1,3,9,20H,2,4-8,10-11H2,(H,19,21). The minimum Gasteiger partial charge on any atom is -0.396 e. The van der Waals surface area contributed by atoms with Gasteiger partial charge in [-0.2, -0.15) is 0 Å². The van der Waals surface area contributed by atoms with Crippen molar-refractivity contribution < 1.29 is 14.6 Å². The molecule has 0 unspecified atom stereocenters. The van der Waals surface area contributed by atoms with Gasteiger partial charge < -0.3 is 15.2 Å². The summed E-state index contributed by atoms with van der Waals surface area (Å²) in [7, 11) is 0. The van der Waals surface area contributed by atoms with E-state index in [1.807, 2.05) is 6.07 Å². The Hall–Kier alpha value is -0.810. The van der Waals surface area contributed by atoms with E-state index in [4.69, 9.17) is 27.9 Å². The molecule has 0 aromatic heterocycles. The highest BCUT2D eigenvalue weighted by molar-refractivity contribution is 6.42. The maximum atomic E-state index is 12.0. The van der Waals surface area contributed by atoms with Gasteiger partial charge in [0.2, 0.25) is 5.91 Å². The number of carbonyl (C=O) groups is 1. The molecule has 2 N–H and O–H groups in total. The normalized spacial score (nSPS) is 17.2. The third kappa shape index (κ3) is 4.85. The zero-order valence-electron chi connectivity index (χ0n) is 12.4. The quantitative estimate of drug-likeness (QED) is 0.833. The lowest BCUT2D eigenvalue weighted by Gasteiger charge is -2.35. The molecule has 4 nitrogen and oxygen atoms in total. The van der Waals surface area contributed by atoms with Crippen LogP contribution in [0.4, 0.5) is 0 Å². The van der Waals surface area contributed by atoms with Crippen molar-refractivity contribution in [2.45, 2.75) is 25.7 Å². The molecule has 22 heavy (non-hydrogen) atoms. The molecule has 0 spiro atoms. The predicted molar refractivity (Wildman–Crippen MR) is 87.4 cm³/mol. The van der Waals surface area contributed by atoms with Crippen LogP contribution in [0, 0.1) is 5.41 Å². The largest absolute Gasteiger partial charge is 0.396 e. The number of carbonyl (C=O) groups excluding carboxylic acids is 1. The highest BCUT2D eigenvalue weighted by Crippen LogP contribution is 2.29. The average Bonchev–Trinajstić information content (AvgIpc) is 2.55. The molecule has 1 fully saturated rings. The number of ether oxygens (including phenoxy) is 1. The first-order chi connectivity index (χ1) is 10.5. The molecule has 0 bridgehead atoms. The Bertz CT molecular complexity index is 516. The molecule has 1 saturated heterocycles. The number of benzene rings is 1. The minimum atomic E-state index is -0.239. The smallest absolute Gasteiger partial charge is 0.220 e. The molecule has 1 aliphatic heterocycles. The molecule has 1 heterocycles. The highest BCUT2D eigenvalue weighted by atomic mass is 35.5. The Morgan fingerprint density at radius 2 is 2.00 bits per heavy atom. The molecule has 1 amide bonds. The van der Waals surface area contributed by atoms with Crippen molar-refractivity contribution in [2.75, 3.05) is 26.4 Å². The monoisotopic (exact) mass is 345 g/mol. The number of hydrogen-bond acceptors (Lipinski definition) is 3. The second-order valence-corrected chi connectivity index (χ2v) is 6.61. The van der Waals surface area contributed by atoms with E-state index in [-0.39, 0.29) is 17.9 Å². The van der Waals surface area contributed by atoms with Crippen molar-refractivity contribution >= 4 is 29.1 Å². The fraction of sp³-hybridized carbons (Fsp3) is 0.562. The predicted octanol–water partition coefficient (Wildman–Crippen LogP) is 2.83. The topological polar surface area (TPSA) is 58.6 Å². The summed E-state index contributed by atoms with van der Waals surface area (Å²) in [5.41, 5.74) is 0.741. The van der Waals surface area contributed by atoms with Gasteiger partial charge in [0.15, 0.2) is 0 Å². The van der Waals surface area contributed by atoms with Gasteiger partial charge in [0.25, 0.3) is 0 Å². The van der Waals surface area contributed by atoms with Gasteiger partial charge >= 0.3 is 0 Å². The summed E-state index contributed by atoms with van der Waals surface area (Å²) in [6.07, 6.45) is 2.54. The van der Waals surface area contributed by atoms with Gasteiger partial charge in [-0.25, -0.2) is 0 Å². The number of rotatable bonds is 6. The summed E-state index contributed by atoms with van der Waals surface area (Å²) in [4.78, 5) is 12.0. The Morgan fingerprint density at radius 1 is 1.27 bits per heavy atom. The third-order valence-electron chi connectivity index (χ3n) is 4.17. The van der Waals surface area contributed by atoms with E-state index in [2.05, 4.69) is 5.32 Å². The number of amides is 1. The summed E-state index contributed by atoms with van der Waals surface area (Å²) in [6.45, 7) is 1.84. The molecule has 0 radical (unpaired) electrons. The van der Waals surface area contributed by atoms with E-state index in [0.717, 1.165) is 18.4 Å². The summed E-state index contributed by atoms with van der Waals surface area (Å²) < 4.78 is 5.31. The van der Waals surface area contributed by atoms with Crippen LogP contribution in [0.3, 0.4) is 0 Å². The molecule has 2 rings (SSSR count). The average molecular weight is 346 g/mol. The Balaban J connectivity index is 1.78. The molecular weight excluding hydrogens is 325 g/mol. The molecular formula is C16H21Cl2NO3. The van der Waals surface area contributed by atoms with Gasteiger partial charge in [-0.05, 0) is 37.0 Å². The zero-order valence-corrected chi connectivity index (χ0v) is 13.9. The zero-order chi connectivity index (χ0) is 16.0. The second kappa shape index (κ2) is 8.16. The first-order valence-electron chi connectivity index (χ1n) is 7.44. The lowest BCUT2D eigenvalue weighted by Crippen LogP contribution is -2.43. The van der Waals surface area contributed by atoms with E-state index in [0.29, 0.717) is 42.6 Å². The van der Waals surface area contributed by atoms with Gasteiger partial charge in [-0.15, -0.1) is 0 Å². The van der Waals surface area contributed by atoms with Crippen LogP contribution in [0.25, 0.3) is 0 Å². The summed E-state index contributed by atoms with van der Waals surface area (Å²) in [5, 5.41) is 13.5. The van der Waals surface area contributed by atoms with Gasteiger partial charge in [-0.1, -0.05) is 29.3 Å². The fourth-order valence-electron chi connectivity index (χ4n) is 2.52. The van der Waals surface area contributed by atoms with Crippen LogP contribution in [-0.2, 0) is 16.0 Å². The number of aliphatic hydroxyl groups is 1. The van der Waals surface area contributed by atoms with Crippen molar-refractivity contribution in [2.24, 2.45) is 5.41 Å². The molecule has 122 valence electrons. The van der Waals surface area contributed by atoms with E-state index in [1.54, 1.807) is 12.1 Å². The highest BCUT2D eigenvalue weighted by Gasteiger charge is 2.32. The van der Waals surface area contributed by atoms with Crippen molar-refractivity contribution in [1.82, 2.24) is 5.32 Å². The number of aryl methyl sites for hydroxylation is 1. The van der Waals surface area contributed by atoms with Crippen LogP contribution in [0.5, 0.6) is 0 Å². The van der Waals surface area contributed by atoms with Gasteiger partial charge in [0.05, 0.1) is 16.7 Å². The Labute approximate surface area is 140 Å². The van der Waals surface area contributed by atoms with Crippen LogP contribution in [0.2, 0.25) is 10.0 Å². The van der Waals surface area contributed by atoms with Crippen LogP contribution in [0.1, 0.15) is 24.8 Å². The molecule has 6 heteroatoms. The van der Waals surface area contributed by atoms with Gasteiger partial charge in [-0.3, -0.25) is 4.79 Å². The van der Waals surface area contributed by atoms with E-state index in [1.165, 1.54) is 0 Å². The number of hydrogen-bond donors (Lipinski definition) is 2. The Morgan fingerprint density at radius 3 is 2.64 bits per heavy atom. The SMILES string of the molecule is O=C(CCc1ccc(Cl)c(Cl)c1)NCC1(CO)CCOCC1. The van der Waals surface area contributed by atoms with Gasteiger partial charge in [0.1, 0.15) is 0 Å². The third-order valence-corrected chi connectivity index (χ3v) is 4.91. The fourth-order valence-corrected chi connectivity index (χ4v) is 2.84. The first kappa shape index (κ1) is 17.5. The van der Waals surface area contributed by atoms with Crippen LogP contribution in [0.15, 0.2) is 18.2 Å². The molecule has 0 atom stereocenters. The first-order valence-corrected chi connectivity index (χ1v) is 8.19. The minimum absolute atomic E-state index is 0.0228. The lowest BCUT2D eigenvalue weighted by molar-refractivity contribution is -0.122. The van der Waals surface area contributed by atoms with Crippen LogP contribution >= 0.6 is 23.2 Å². The number of halogens is 2. The summed E-state index contributed by atoms with van der Waals surface area (Å²) in [6, 6.07) is 5.39. The van der Waals surface area contributed by atoms with Crippen molar-refractivity contribution in [3.05, 3.63) is 33.8 Å². The van der Waals surface area contributed by atoms with Crippen molar-refractivity contribution in [1.29, 1.82) is 0 Å². The van der Waals surface area contributed by atoms with Crippen molar-refractivity contribution in [3.63, 3.8) is 0 Å². The molecule has 0 saturated carbocycles. The molecule has 1 aliphatic rings. The maximum Gasteiger partial charge on any atom is 0.220 e. The van der Waals surface area contributed by atoms with Crippen LogP contribution < -0.4 is 5.32 Å². The number of aliphatic hydroxyl groups excluding tert-OH is 1. The van der Waals surface area contributed by atoms with Gasteiger partial charge in [0, 0.05) is 31.6 Å². The Kier molecular flexibility index (Phi) is 6.50. The summed E-state index contributed by atoms with van der Waals surface area (Å²) >= 11 is 11.8. The summed E-state index contributed by atoms with van der Waals surface area (Å²) in [5.74, 6) is -0.0228. The lowest BCUT2D eigenvalue weighted by atomic mass is 9.81. The molecule has 1 aromatic carbocycles. The van der Waals surface area contributed by atoms with Crippen molar-refractivity contribution in [3.8, 4) is 0 Å². The molecule has 1 aromatic rings.